The Balaban J connectivity index is 1.51. The molecule has 1 nitrogen and oxygen atoms in total. The number of anilines is 1. The van der Waals surface area contributed by atoms with Crippen LogP contribution in [-0.4, -0.2) is 6.04 Å². The lowest BCUT2D eigenvalue weighted by molar-refractivity contribution is 0.483. The number of thiophene rings is 1. The highest BCUT2D eigenvalue weighted by Crippen LogP contribution is 2.55. The number of rotatable bonds is 2. The van der Waals surface area contributed by atoms with Gasteiger partial charge in [-0.05, 0) is 72.6 Å². The van der Waals surface area contributed by atoms with Gasteiger partial charge in [-0.25, -0.2) is 0 Å². The van der Waals surface area contributed by atoms with Gasteiger partial charge >= 0.3 is 0 Å². The van der Waals surface area contributed by atoms with Gasteiger partial charge in [-0.2, -0.15) is 0 Å². The zero-order valence-corrected chi connectivity index (χ0v) is 19.6. The molecular weight excluding hydrogens is 394 g/mol. The molecule has 0 spiro atoms. The maximum absolute atomic E-state index is 3.94. The second-order valence-electron chi connectivity index (χ2n) is 9.62. The lowest BCUT2D eigenvalue weighted by Gasteiger charge is -2.33. The molecule has 0 saturated heterocycles. The van der Waals surface area contributed by atoms with Crippen molar-refractivity contribution in [3.63, 3.8) is 0 Å². The summed E-state index contributed by atoms with van der Waals surface area (Å²) in [5.74, 6) is 0.989. The summed E-state index contributed by atoms with van der Waals surface area (Å²) in [6, 6.07) is 16.4. The van der Waals surface area contributed by atoms with E-state index < -0.39 is 0 Å². The molecule has 0 radical (unpaired) electrons. The highest BCUT2D eigenvalue weighted by atomic mass is 32.1. The summed E-state index contributed by atoms with van der Waals surface area (Å²) in [7, 11) is 0. The molecule has 1 aliphatic heterocycles. The Kier molecular flexibility index (Phi) is 4.30. The number of hydrogen-bond acceptors (Lipinski definition) is 2. The molecule has 0 bridgehead atoms. The second-order valence-corrected chi connectivity index (χ2v) is 10.7. The van der Waals surface area contributed by atoms with Crippen LogP contribution < -0.4 is 5.32 Å². The summed E-state index contributed by atoms with van der Waals surface area (Å²) in [6.07, 6.45) is 7.22. The maximum Gasteiger partial charge on any atom is 0.0451 e. The van der Waals surface area contributed by atoms with Crippen LogP contribution in [0.1, 0.15) is 55.7 Å². The fourth-order valence-electron chi connectivity index (χ4n) is 5.83. The number of para-hydroxylation sites is 1. The predicted octanol–water partition coefficient (Wildman–Crippen LogP) is 8.19. The summed E-state index contributed by atoms with van der Waals surface area (Å²) in [6.45, 7) is 9.34. The Hall–Kier alpha value is -2.58. The van der Waals surface area contributed by atoms with E-state index in [2.05, 4.69) is 87.6 Å². The zero-order valence-electron chi connectivity index (χ0n) is 18.8. The van der Waals surface area contributed by atoms with E-state index in [1.807, 2.05) is 11.3 Å². The van der Waals surface area contributed by atoms with E-state index in [0.29, 0.717) is 17.9 Å². The van der Waals surface area contributed by atoms with Crippen LogP contribution in [0.3, 0.4) is 0 Å². The summed E-state index contributed by atoms with van der Waals surface area (Å²) < 4.78 is 1.39. The molecule has 2 unspecified atom stereocenters. The number of allylic oxidation sites excluding steroid dienone is 5. The van der Waals surface area contributed by atoms with Crippen molar-refractivity contribution < 1.29 is 0 Å². The van der Waals surface area contributed by atoms with Crippen LogP contribution in [0.4, 0.5) is 5.69 Å². The van der Waals surface area contributed by atoms with E-state index >= 15 is 0 Å². The van der Waals surface area contributed by atoms with Crippen LogP contribution in [-0.2, 0) is 6.42 Å². The molecule has 0 fully saturated rings. The van der Waals surface area contributed by atoms with Crippen LogP contribution in [0.2, 0.25) is 0 Å². The molecule has 156 valence electrons. The topological polar surface area (TPSA) is 12.0 Å². The van der Waals surface area contributed by atoms with Crippen molar-refractivity contribution in [1.82, 2.24) is 0 Å². The SMILES string of the molecule is CC1=C(c2cccc3c2NC(C(C)C)CC3)C2C=Cc3sc4ccccc4c3C2=C1C. The molecule has 2 heterocycles. The van der Waals surface area contributed by atoms with Crippen LogP contribution in [0.15, 0.2) is 59.7 Å². The number of nitrogens with one attached hydrogen (secondary N) is 1. The van der Waals surface area contributed by atoms with Gasteiger partial charge in [0, 0.05) is 43.7 Å². The summed E-state index contributed by atoms with van der Waals surface area (Å²) in [5.41, 5.74) is 11.7. The number of aryl methyl sites for hydroxylation is 1. The van der Waals surface area contributed by atoms with Crippen LogP contribution in [0, 0.1) is 11.8 Å². The Morgan fingerprint density at radius 3 is 2.61 bits per heavy atom. The maximum atomic E-state index is 3.94. The van der Waals surface area contributed by atoms with Crippen molar-refractivity contribution >= 4 is 44.3 Å². The fraction of sp³-hybridized carbons (Fsp3) is 0.310. The van der Waals surface area contributed by atoms with Crippen molar-refractivity contribution in [2.45, 2.75) is 46.6 Å². The van der Waals surface area contributed by atoms with Gasteiger partial charge in [-0.3, -0.25) is 0 Å². The average Bonchev–Trinajstić information content (AvgIpc) is 3.28. The minimum Gasteiger partial charge on any atom is -0.381 e. The number of benzene rings is 2. The molecule has 2 atom stereocenters. The first kappa shape index (κ1) is 19.1. The average molecular weight is 424 g/mol. The second kappa shape index (κ2) is 6.97. The van der Waals surface area contributed by atoms with E-state index in [4.69, 9.17) is 0 Å². The van der Waals surface area contributed by atoms with Crippen molar-refractivity contribution in [3.8, 4) is 0 Å². The summed E-state index contributed by atoms with van der Waals surface area (Å²) >= 11 is 1.92. The Labute approximate surface area is 189 Å². The molecule has 2 aliphatic carbocycles. The molecular formula is C29H29NS. The van der Waals surface area contributed by atoms with Crippen LogP contribution in [0.25, 0.3) is 27.3 Å². The van der Waals surface area contributed by atoms with Crippen LogP contribution >= 0.6 is 11.3 Å². The highest BCUT2D eigenvalue weighted by Gasteiger charge is 2.36. The Bertz CT molecular complexity index is 1310. The third kappa shape index (κ3) is 2.74. The first-order valence-electron chi connectivity index (χ1n) is 11.6. The van der Waals surface area contributed by atoms with E-state index in [-0.39, 0.29) is 0 Å². The lowest BCUT2D eigenvalue weighted by atomic mass is 9.80. The molecule has 31 heavy (non-hydrogen) atoms. The number of fused-ring (bicyclic) bond motifs is 6. The molecule has 3 aliphatic rings. The number of hydrogen-bond donors (Lipinski definition) is 1. The van der Waals surface area contributed by atoms with E-state index in [9.17, 15) is 0 Å². The molecule has 3 aromatic rings. The van der Waals surface area contributed by atoms with Gasteiger partial charge in [-0.1, -0.05) is 56.3 Å². The van der Waals surface area contributed by atoms with Gasteiger partial charge in [0.15, 0.2) is 0 Å². The van der Waals surface area contributed by atoms with Gasteiger partial charge in [-0.15, -0.1) is 11.3 Å². The third-order valence-corrected chi connectivity index (χ3v) is 8.76. The first-order chi connectivity index (χ1) is 15.0. The molecule has 0 saturated carbocycles. The predicted molar refractivity (Wildman–Crippen MR) is 137 cm³/mol. The quantitative estimate of drug-likeness (QED) is 0.438. The van der Waals surface area contributed by atoms with Crippen molar-refractivity contribution in [2.75, 3.05) is 5.32 Å². The minimum absolute atomic E-state index is 0.346. The molecule has 1 aromatic heterocycles. The molecule has 0 amide bonds. The summed E-state index contributed by atoms with van der Waals surface area (Å²) in [5, 5.41) is 5.35. The van der Waals surface area contributed by atoms with Gasteiger partial charge in [0.1, 0.15) is 0 Å². The lowest BCUT2D eigenvalue weighted by Crippen LogP contribution is -2.31. The highest BCUT2D eigenvalue weighted by molar-refractivity contribution is 7.20. The summed E-state index contributed by atoms with van der Waals surface area (Å²) in [4.78, 5) is 1.41. The molecule has 2 heteroatoms. The third-order valence-electron chi connectivity index (χ3n) is 7.62. The van der Waals surface area contributed by atoms with Crippen molar-refractivity contribution in [2.24, 2.45) is 11.8 Å². The molecule has 2 aromatic carbocycles. The normalized spacial score (nSPS) is 22.1. The Morgan fingerprint density at radius 2 is 1.77 bits per heavy atom. The zero-order chi connectivity index (χ0) is 21.3. The largest absolute Gasteiger partial charge is 0.381 e. The van der Waals surface area contributed by atoms with E-state index in [1.54, 1.807) is 0 Å². The standard InChI is InChI=1S/C29H29NS/c1-16(2)23-14-12-19-8-7-10-22(29(19)30-23)26-17(3)18(4)27-21(26)13-15-25-28(27)20-9-5-6-11-24(20)31-25/h5-11,13,15-16,21,23,30H,12,14H2,1-4H3. The molecule has 6 rings (SSSR count). The van der Waals surface area contributed by atoms with E-state index in [0.717, 1.165) is 0 Å². The van der Waals surface area contributed by atoms with Gasteiger partial charge in [0.25, 0.3) is 0 Å². The van der Waals surface area contributed by atoms with Crippen molar-refractivity contribution in [1.29, 1.82) is 0 Å². The van der Waals surface area contributed by atoms with Crippen LogP contribution in [0.5, 0.6) is 0 Å². The smallest absolute Gasteiger partial charge is 0.0451 e. The Morgan fingerprint density at radius 1 is 0.968 bits per heavy atom. The monoisotopic (exact) mass is 423 g/mol. The van der Waals surface area contributed by atoms with Gasteiger partial charge < -0.3 is 5.32 Å². The van der Waals surface area contributed by atoms with Gasteiger partial charge in [0.2, 0.25) is 0 Å². The van der Waals surface area contributed by atoms with Crippen molar-refractivity contribution in [3.05, 3.63) is 81.3 Å². The van der Waals surface area contributed by atoms with E-state index in [1.165, 1.54) is 72.5 Å². The fourth-order valence-corrected chi connectivity index (χ4v) is 6.97. The molecule has 1 N–H and O–H groups in total. The minimum atomic E-state index is 0.346. The first-order valence-corrected chi connectivity index (χ1v) is 12.4. The van der Waals surface area contributed by atoms with Gasteiger partial charge in [0.05, 0.1) is 0 Å².